The van der Waals surface area contributed by atoms with E-state index in [0.29, 0.717) is 37.9 Å². The molecule has 0 bridgehead atoms. The number of carbonyl (C=O) groups excluding carboxylic acids is 2. The summed E-state index contributed by atoms with van der Waals surface area (Å²) in [5, 5.41) is 14.3. The molecule has 2 aromatic rings. The molecule has 30 heavy (non-hydrogen) atoms. The van der Waals surface area contributed by atoms with E-state index in [9.17, 15) is 19.7 Å². The number of amides is 2. The number of benzene rings is 2. The Hall–Kier alpha value is -3.26. The minimum absolute atomic E-state index is 0.0381. The van der Waals surface area contributed by atoms with Crippen molar-refractivity contribution in [2.45, 2.75) is 31.0 Å². The van der Waals surface area contributed by atoms with Crippen molar-refractivity contribution < 1.29 is 14.5 Å². The van der Waals surface area contributed by atoms with Gasteiger partial charge in [0.25, 0.3) is 11.6 Å². The molecule has 1 spiro atoms. The standard InChI is InChI=1S/C22H24N4O4/c1-24-21(28)19(15-16-5-3-2-4-6-16)23-22(24)11-13-25(14-12-22)20(27)17-7-9-18(10-8-17)26(29)30/h2-10,19,23H,11-15H2,1H3. The van der Waals surface area contributed by atoms with Gasteiger partial charge in [0.2, 0.25) is 5.91 Å². The van der Waals surface area contributed by atoms with Crippen molar-refractivity contribution in [2.24, 2.45) is 0 Å². The van der Waals surface area contributed by atoms with Crippen molar-refractivity contribution >= 4 is 17.5 Å². The molecule has 156 valence electrons. The minimum atomic E-state index is -0.483. The van der Waals surface area contributed by atoms with Gasteiger partial charge in [0.05, 0.1) is 16.6 Å². The summed E-state index contributed by atoms with van der Waals surface area (Å²) in [5.74, 6) is -0.0680. The summed E-state index contributed by atoms with van der Waals surface area (Å²) in [4.78, 5) is 39.5. The van der Waals surface area contributed by atoms with Crippen LogP contribution in [-0.2, 0) is 11.2 Å². The fourth-order valence-corrected chi connectivity index (χ4v) is 4.38. The van der Waals surface area contributed by atoms with Crippen molar-refractivity contribution in [1.82, 2.24) is 15.1 Å². The Morgan fingerprint density at radius 2 is 1.77 bits per heavy atom. The molecule has 0 saturated carbocycles. The van der Waals surface area contributed by atoms with E-state index in [1.54, 1.807) is 9.80 Å². The number of non-ortho nitro benzene ring substituents is 1. The Kier molecular flexibility index (Phi) is 5.26. The third kappa shape index (κ3) is 3.66. The summed E-state index contributed by atoms with van der Waals surface area (Å²) in [6.45, 7) is 1.02. The van der Waals surface area contributed by atoms with Gasteiger partial charge in [-0.05, 0) is 24.1 Å². The van der Waals surface area contributed by atoms with E-state index in [0.717, 1.165) is 5.56 Å². The highest BCUT2D eigenvalue weighted by Gasteiger charge is 2.50. The lowest BCUT2D eigenvalue weighted by Crippen LogP contribution is -2.58. The number of hydrogen-bond acceptors (Lipinski definition) is 5. The van der Waals surface area contributed by atoms with Gasteiger partial charge in [0, 0.05) is 50.7 Å². The second-order valence-corrected chi connectivity index (χ2v) is 7.91. The van der Waals surface area contributed by atoms with Gasteiger partial charge < -0.3 is 9.80 Å². The van der Waals surface area contributed by atoms with Gasteiger partial charge in [-0.15, -0.1) is 0 Å². The molecular weight excluding hydrogens is 384 g/mol. The van der Waals surface area contributed by atoms with E-state index in [1.807, 2.05) is 37.4 Å². The lowest BCUT2D eigenvalue weighted by Gasteiger charge is -2.43. The second kappa shape index (κ2) is 7.87. The first kappa shape index (κ1) is 20.0. The first-order valence-electron chi connectivity index (χ1n) is 10.0. The van der Waals surface area contributed by atoms with Gasteiger partial charge in [0.1, 0.15) is 0 Å². The molecule has 2 aliphatic rings. The minimum Gasteiger partial charge on any atom is -0.338 e. The third-order valence-electron chi connectivity index (χ3n) is 6.20. The van der Waals surface area contributed by atoms with Crippen molar-refractivity contribution in [2.75, 3.05) is 20.1 Å². The van der Waals surface area contributed by atoms with E-state index >= 15 is 0 Å². The first-order chi connectivity index (χ1) is 14.4. The van der Waals surface area contributed by atoms with Crippen LogP contribution in [0.2, 0.25) is 0 Å². The molecule has 2 amide bonds. The first-order valence-corrected chi connectivity index (χ1v) is 10.0. The quantitative estimate of drug-likeness (QED) is 0.618. The lowest BCUT2D eigenvalue weighted by molar-refractivity contribution is -0.384. The molecule has 0 aliphatic carbocycles. The van der Waals surface area contributed by atoms with Gasteiger partial charge in [0.15, 0.2) is 0 Å². The van der Waals surface area contributed by atoms with Crippen LogP contribution in [0.25, 0.3) is 0 Å². The van der Waals surface area contributed by atoms with E-state index in [4.69, 9.17) is 0 Å². The lowest BCUT2D eigenvalue weighted by atomic mass is 9.95. The van der Waals surface area contributed by atoms with Crippen LogP contribution in [0, 0.1) is 10.1 Å². The number of hydrogen-bond donors (Lipinski definition) is 1. The fraction of sp³-hybridized carbons (Fsp3) is 0.364. The van der Waals surface area contributed by atoms with Crippen molar-refractivity contribution in [3.8, 4) is 0 Å². The zero-order chi connectivity index (χ0) is 21.3. The van der Waals surface area contributed by atoms with Crippen molar-refractivity contribution in [1.29, 1.82) is 0 Å². The van der Waals surface area contributed by atoms with Crippen molar-refractivity contribution in [3.63, 3.8) is 0 Å². The van der Waals surface area contributed by atoms with Gasteiger partial charge in [-0.3, -0.25) is 25.0 Å². The van der Waals surface area contributed by atoms with E-state index < -0.39 is 10.6 Å². The average molecular weight is 408 g/mol. The van der Waals surface area contributed by atoms with Crippen LogP contribution >= 0.6 is 0 Å². The Bertz CT molecular complexity index is 953. The van der Waals surface area contributed by atoms with Crippen LogP contribution in [0.1, 0.15) is 28.8 Å². The highest BCUT2D eigenvalue weighted by atomic mass is 16.6. The number of likely N-dealkylation sites (tertiary alicyclic amines) is 1. The summed E-state index contributed by atoms with van der Waals surface area (Å²) in [6.07, 6.45) is 1.91. The zero-order valence-electron chi connectivity index (χ0n) is 16.8. The van der Waals surface area contributed by atoms with Gasteiger partial charge in [-0.1, -0.05) is 30.3 Å². The Morgan fingerprint density at radius 1 is 1.13 bits per heavy atom. The summed E-state index contributed by atoms with van der Waals surface area (Å²) in [5.41, 5.74) is 1.06. The Balaban J connectivity index is 1.41. The zero-order valence-corrected chi connectivity index (χ0v) is 16.8. The van der Waals surface area contributed by atoms with Crippen LogP contribution in [0.4, 0.5) is 5.69 Å². The number of nitrogens with zero attached hydrogens (tertiary/aromatic N) is 3. The van der Waals surface area contributed by atoms with Gasteiger partial charge in [-0.25, -0.2) is 0 Å². The maximum absolute atomic E-state index is 12.8. The number of nitro benzene ring substituents is 1. The highest BCUT2D eigenvalue weighted by molar-refractivity contribution is 5.94. The fourth-order valence-electron chi connectivity index (χ4n) is 4.38. The molecule has 8 nitrogen and oxygen atoms in total. The van der Waals surface area contributed by atoms with Crippen LogP contribution in [0.15, 0.2) is 54.6 Å². The molecule has 4 rings (SSSR count). The molecule has 2 aliphatic heterocycles. The number of rotatable bonds is 4. The molecule has 2 fully saturated rings. The van der Waals surface area contributed by atoms with E-state index in [2.05, 4.69) is 5.32 Å². The maximum atomic E-state index is 12.8. The number of piperidine rings is 1. The average Bonchev–Trinajstić information content (AvgIpc) is 2.99. The molecule has 8 heteroatoms. The monoisotopic (exact) mass is 408 g/mol. The SMILES string of the molecule is CN1C(=O)C(Cc2ccccc2)NC12CCN(C(=O)c1ccc([N+](=O)[O-])cc1)CC2. The third-order valence-corrected chi connectivity index (χ3v) is 6.20. The Morgan fingerprint density at radius 3 is 2.37 bits per heavy atom. The molecular formula is C22H24N4O4. The largest absolute Gasteiger partial charge is 0.338 e. The number of carbonyl (C=O) groups is 2. The Labute approximate surface area is 174 Å². The number of likely N-dealkylation sites (N-methyl/N-ethyl adjacent to an activating group) is 1. The summed E-state index contributed by atoms with van der Waals surface area (Å²) >= 11 is 0. The summed E-state index contributed by atoms with van der Waals surface area (Å²) in [7, 11) is 1.83. The van der Waals surface area contributed by atoms with E-state index in [1.165, 1.54) is 24.3 Å². The molecule has 2 heterocycles. The smallest absolute Gasteiger partial charge is 0.269 e. The summed E-state index contributed by atoms with van der Waals surface area (Å²) < 4.78 is 0. The van der Waals surface area contributed by atoms with Gasteiger partial charge in [-0.2, -0.15) is 0 Å². The highest BCUT2D eigenvalue weighted by Crippen LogP contribution is 2.32. The molecule has 0 radical (unpaired) electrons. The number of nitro groups is 1. The molecule has 2 aromatic carbocycles. The van der Waals surface area contributed by atoms with Gasteiger partial charge >= 0.3 is 0 Å². The van der Waals surface area contributed by atoms with Crippen LogP contribution < -0.4 is 5.32 Å². The molecule has 1 unspecified atom stereocenters. The van der Waals surface area contributed by atoms with Crippen LogP contribution in [0.3, 0.4) is 0 Å². The van der Waals surface area contributed by atoms with Crippen LogP contribution in [-0.4, -0.2) is 58.4 Å². The predicted molar refractivity (Wildman–Crippen MR) is 111 cm³/mol. The predicted octanol–water partition coefficient (Wildman–Crippen LogP) is 2.20. The van der Waals surface area contributed by atoms with Crippen molar-refractivity contribution in [3.05, 3.63) is 75.8 Å². The second-order valence-electron chi connectivity index (χ2n) is 7.91. The maximum Gasteiger partial charge on any atom is 0.269 e. The molecule has 1 atom stereocenters. The topological polar surface area (TPSA) is 95.8 Å². The van der Waals surface area contributed by atoms with Crippen LogP contribution in [0.5, 0.6) is 0 Å². The molecule has 2 saturated heterocycles. The molecule has 1 N–H and O–H groups in total. The normalized spacial score (nSPS) is 20.6. The van der Waals surface area contributed by atoms with E-state index in [-0.39, 0.29) is 23.5 Å². The molecule has 0 aromatic heterocycles. The summed E-state index contributed by atoms with van der Waals surface area (Å²) in [6, 6.07) is 15.3. The number of nitrogens with one attached hydrogen (secondary N) is 1.